The molecule has 80 valence electrons. The molecule has 0 radical (unpaired) electrons. The van der Waals surface area contributed by atoms with Gasteiger partial charge in [0, 0.05) is 13.7 Å². The van der Waals surface area contributed by atoms with Crippen molar-refractivity contribution in [3.63, 3.8) is 0 Å². The summed E-state index contributed by atoms with van der Waals surface area (Å²) in [7, 11) is -1.78. The molecule has 0 amide bonds. The van der Waals surface area contributed by atoms with Gasteiger partial charge >= 0.3 is 0 Å². The van der Waals surface area contributed by atoms with Crippen molar-refractivity contribution >= 4 is 10.0 Å². The molecule has 0 N–H and O–H groups in total. The molecule has 0 aliphatic carbocycles. The average molecular weight is 217 g/mol. The molecule has 1 heterocycles. The normalized spacial score (nSPS) is 27.9. The van der Waals surface area contributed by atoms with Gasteiger partial charge in [0.1, 0.15) is 5.25 Å². The Morgan fingerprint density at radius 2 is 2.29 bits per heavy atom. The maximum absolute atomic E-state index is 11.9. The molecule has 1 rings (SSSR count). The molecular weight excluding hydrogens is 202 g/mol. The predicted octanol–water partition coefficient (Wildman–Crippen LogP) is 0.0586. The van der Waals surface area contributed by atoms with Crippen molar-refractivity contribution in [1.82, 2.24) is 4.31 Å². The summed E-state index contributed by atoms with van der Waals surface area (Å²) in [6.45, 7) is 2.40. The second kappa shape index (κ2) is 4.30. The van der Waals surface area contributed by atoms with Crippen molar-refractivity contribution in [2.75, 3.05) is 20.2 Å². The van der Waals surface area contributed by atoms with Gasteiger partial charge in [-0.2, -0.15) is 4.31 Å². The summed E-state index contributed by atoms with van der Waals surface area (Å²) in [5, 5.41) is -0.444. The molecule has 14 heavy (non-hydrogen) atoms. The smallest absolute Gasteiger partial charge is 0.220 e. The van der Waals surface area contributed by atoms with Crippen LogP contribution >= 0.6 is 0 Å². The van der Waals surface area contributed by atoms with Gasteiger partial charge in [0.2, 0.25) is 10.0 Å². The van der Waals surface area contributed by atoms with Crippen molar-refractivity contribution in [3.05, 3.63) is 0 Å². The Morgan fingerprint density at radius 3 is 2.71 bits per heavy atom. The van der Waals surface area contributed by atoms with Crippen LogP contribution in [0.25, 0.3) is 0 Å². The molecule has 0 bridgehead atoms. The third-order valence-corrected chi connectivity index (χ3v) is 4.82. The highest BCUT2D eigenvalue weighted by atomic mass is 32.2. The lowest BCUT2D eigenvalue weighted by molar-refractivity contribution is 0.126. The van der Waals surface area contributed by atoms with Crippen LogP contribution in [0.3, 0.4) is 0 Å². The lowest BCUT2D eigenvalue weighted by atomic mass is 10.3. The molecule has 2 atom stereocenters. The fourth-order valence-electron chi connectivity index (χ4n) is 1.55. The first-order valence-corrected chi connectivity index (χ1v) is 6.00. The molecule has 0 aromatic carbocycles. The number of rotatable bonds is 3. The molecule has 4 nitrogen and oxygen atoms in total. The van der Waals surface area contributed by atoms with Crippen LogP contribution in [0.15, 0.2) is 0 Å². The van der Waals surface area contributed by atoms with Crippen molar-refractivity contribution in [2.45, 2.75) is 24.7 Å². The second-order valence-electron chi connectivity index (χ2n) is 3.41. The maximum atomic E-state index is 11.9. The highest BCUT2D eigenvalue weighted by molar-refractivity contribution is 7.89. The van der Waals surface area contributed by atoms with Gasteiger partial charge in [0.25, 0.3) is 0 Å². The van der Waals surface area contributed by atoms with E-state index >= 15 is 0 Å². The lowest BCUT2D eigenvalue weighted by Crippen LogP contribution is -2.39. The minimum atomic E-state index is -3.28. The van der Waals surface area contributed by atoms with E-state index in [1.165, 1.54) is 11.4 Å². The molecule has 1 fully saturated rings. The van der Waals surface area contributed by atoms with Gasteiger partial charge < -0.3 is 4.74 Å². The van der Waals surface area contributed by atoms with Crippen LogP contribution < -0.4 is 0 Å². The number of hydrogen-bond donors (Lipinski definition) is 0. The predicted molar refractivity (Wildman–Crippen MR) is 54.2 cm³/mol. The van der Waals surface area contributed by atoms with Crippen molar-refractivity contribution in [2.24, 2.45) is 0 Å². The molecule has 0 spiro atoms. The van der Waals surface area contributed by atoms with Crippen LogP contribution in [-0.4, -0.2) is 44.3 Å². The molecule has 1 aliphatic rings. The zero-order valence-electron chi connectivity index (χ0n) is 8.43. The number of nitrogens with zero attached hydrogens (tertiary/aromatic N) is 1. The van der Waals surface area contributed by atoms with E-state index in [0.29, 0.717) is 13.0 Å². The zero-order valence-corrected chi connectivity index (χ0v) is 9.25. The first-order valence-electron chi connectivity index (χ1n) is 4.50. The lowest BCUT2D eigenvalue weighted by Gasteiger charge is -2.21. The Labute approximate surface area is 85.3 Å². The Balaban J connectivity index is 2.80. The summed E-state index contributed by atoms with van der Waals surface area (Å²) >= 11 is 0. The largest absolute Gasteiger partial charge is 0.377 e. The molecule has 1 saturated heterocycles. The van der Waals surface area contributed by atoms with Crippen LogP contribution in [0.2, 0.25) is 0 Å². The van der Waals surface area contributed by atoms with Crippen LogP contribution in [0.4, 0.5) is 0 Å². The molecular formula is C9H15NO3S. The monoisotopic (exact) mass is 217 g/mol. The first kappa shape index (κ1) is 11.5. The van der Waals surface area contributed by atoms with E-state index in [2.05, 4.69) is 5.92 Å². The fraction of sp³-hybridized carbons (Fsp3) is 0.778. The third kappa shape index (κ3) is 2.08. The molecule has 0 aromatic rings. The number of hydrogen-bond acceptors (Lipinski definition) is 3. The van der Waals surface area contributed by atoms with Crippen molar-refractivity contribution in [1.29, 1.82) is 0 Å². The van der Waals surface area contributed by atoms with Gasteiger partial charge in [0.05, 0.1) is 12.6 Å². The Morgan fingerprint density at radius 1 is 1.64 bits per heavy atom. The number of terminal acetylenes is 1. The molecule has 0 unspecified atom stereocenters. The maximum Gasteiger partial charge on any atom is 0.220 e. The summed E-state index contributed by atoms with van der Waals surface area (Å²) in [5.74, 6) is 2.32. The fourth-order valence-corrected chi connectivity index (χ4v) is 3.23. The topological polar surface area (TPSA) is 46.6 Å². The van der Waals surface area contributed by atoms with E-state index in [4.69, 9.17) is 11.2 Å². The molecule has 0 saturated carbocycles. The van der Waals surface area contributed by atoms with E-state index in [0.717, 1.165) is 0 Å². The first-order chi connectivity index (χ1) is 6.50. The third-order valence-electron chi connectivity index (χ3n) is 2.44. The standard InChI is InChI=1S/C9H15NO3S/c1-4-6-10(3)14(11,12)9-5-7-13-8(9)2/h1,8-9H,5-7H2,2-3H3/t8-,9-/m0/s1. The Kier molecular flexibility index (Phi) is 3.53. The van der Waals surface area contributed by atoms with Crippen molar-refractivity contribution in [3.8, 4) is 12.3 Å². The van der Waals surface area contributed by atoms with Crippen LogP contribution in [0.5, 0.6) is 0 Å². The number of ether oxygens (including phenoxy) is 1. The van der Waals surface area contributed by atoms with Crippen LogP contribution in [0, 0.1) is 12.3 Å². The quantitative estimate of drug-likeness (QED) is 0.628. The second-order valence-corrected chi connectivity index (χ2v) is 5.67. The summed E-state index contributed by atoms with van der Waals surface area (Å²) in [5.41, 5.74) is 0. The minimum Gasteiger partial charge on any atom is -0.377 e. The van der Waals surface area contributed by atoms with Crippen LogP contribution in [-0.2, 0) is 14.8 Å². The molecule has 0 aromatic heterocycles. The average Bonchev–Trinajstić information content (AvgIpc) is 2.52. The summed E-state index contributed by atoms with van der Waals surface area (Å²) < 4.78 is 30.2. The highest BCUT2D eigenvalue weighted by Gasteiger charge is 2.37. The zero-order chi connectivity index (χ0) is 10.8. The van der Waals surface area contributed by atoms with Gasteiger partial charge in [-0.25, -0.2) is 8.42 Å². The Hall–Kier alpha value is -0.570. The summed E-state index contributed by atoms with van der Waals surface area (Å²) in [6.07, 6.45) is 5.39. The van der Waals surface area contributed by atoms with E-state index in [9.17, 15) is 8.42 Å². The van der Waals surface area contributed by atoms with Gasteiger partial charge in [-0.05, 0) is 13.3 Å². The minimum absolute atomic E-state index is 0.117. The van der Waals surface area contributed by atoms with Crippen molar-refractivity contribution < 1.29 is 13.2 Å². The number of sulfonamides is 1. The summed E-state index contributed by atoms with van der Waals surface area (Å²) in [6, 6.07) is 0. The SMILES string of the molecule is C#CCN(C)S(=O)(=O)[C@H]1CCO[C@H]1C. The van der Waals surface area contributed by atoms with Gasteiger partial charge in [0.15, 0.2) is 0 Å². The van der Waals surface area contributed by atoms with Gasteiger partial charge in [-0.1, -0.05) is 5.92 Å². The highest BCUT2D eigenvalue weighted by Crippen LogP contribution is 2.22. The molecule has 1 aliphatic heterocycles. The van der Waals surface area contributed by atoms with Gasteiger partial charge in [-0.3, -0.25) is 0 Å². The van der Waals surface area contributed by atoms with E-state index in [-0.39, 0.29) is 12.6 Å². The van der Waals surface area contributed by atoms with Crippen LogP contribution in [0.1, 0.15) is 13.3 Å². The van der Waals surface area contributed by atoms with E-state index in [1.54, 1.807) is 6.92 Å². The van der Waals surface area contributed by atoms with E-state index < -0.39 is 15.3 Å². The molecule has 5 heteroatoms. The van der Waals surface area contributed by atoms with E-state index in [1.807, 2.05) is 0 Å². The summed E-state index contributed by atoms with van der Waals surface area (Å²) in [4.78, 5) is 0. The Bertz CT molecular complexity index is 330. The van der Waals surface area contributed by atoms with Gasteiger partial charge in [-0.15, -0.1) is 6.42 Å².